The number of sulfonamides is 1. The molecule has 29 heavy (non-hydrogen) atoms. The number of nitrogens with zero attached hydrogens (tertiary/aromatic N) is 2. The summed E-state index contributed by atoms with van der Waals surface area (Å²) in [5.41, 5.74) is 3.85. The number of anilines is 1. The highest BCUT2D eigenvalue weighted by atomic mass is 32.2. The van der Waals surface area contributed by atoms with Gasteiger partial charge in [-0.25, -0.2) is 12.8 Å². The zero-order valence-corrected chi connectivity index (χ0v) is 16.7. The van der Waals surface area contributed by atoms with Crippen molar-refractivity contribution in [3.05, 3.63) is 46.6 Å². The van der Waals surface area contributed by atoms with Gasteiger partial charge >= 0.3 is 6.18 Å². The molecule has 0 spiro atoms. The van der Waals surface area contributed by atoms with Gasteiger partial charge in [0.05, 0.1) is 10.4 Å². The highest BCUT2D eigenvalue weighted by Gasteiger charge is 2.39. The smallest absolute Gasteiger partial charge is 0.368 e. The molecule has 0 unspecified atom stereocenters. The number of rotatable bonds is 4. The lowest BCUT2D eigenvalue weighted by Gasteiger charge is -2.40. The predicted octanol–water partition coefficient (Wildman–Crippen LogP) is 2.90. The molecule has 1 atom stereocenters. The van der Waals surface area contributed by atoms with Crippen molar-refractivity contribution in [2.24, 2.45) is 5.73 Å². The van der Waals surface area contributed by atoms with E-state index in [1.165, 1.54) is 21.3 Å². The third-order valence-corrected chi connectivity index (χ3v) is 8.14. The van der Waals surface area contributed by atoms with Crippen molar-refractivity contribution in [2.45, 2.75) is 23.4 Å². The average molecular weight is 451 g/mol. The summed E-state index contributed by atoms with van der Waals surface area (Å²) in [5.74, 6) is -1.75. The van der Waals surface area contributed by atoms with E-state index in [1.54, 1.807) is 6.92 Å². The number of benzene rings is 1. The molecule has 2 N–H and O–H groups in total. The van der Waals surface area contributed by atoms with Crippen molar-refractivity contribution in [3.63, 3.8) is 0 Å². The summed E-state index contributed by atoms with van der Waals surface area (Å²) >= 11 is 0.740. The molecule has 6 nitrogen and oxygen atoms in total. The molecule has 1 amide bonds. The molecule has 1 aromatic heterocycles. The first-order valence-electron chi connectivity index (χ1n) is 8.44. The maximum atomic E-state index is 13.3. The van der Waals surface area contributed by atoms with Crippen LogP contribution in [0.5, 0.6) is 0 Å². The highest BCUT2D eigenvalue weighted by molar-refractivity contribution is 7.91. The van der Waals surface area contributed by atoms with Gasteiger partial charge in [-0.15, -0.1) is 11.3 Å². The summed E-state index contributed by atoms with van der Waals surface area (Å²) in [5, 5.41) is 0. The van der Waals surface area contributed by atoms with Gasteiger partial charge in [-0.05, 0) is 37.3 Å². The topological polar surface area (TPSA) is 83.7 Å². The van der Waals surface area contributed by atoms with Crippen LogP contribution in [0.3, 0.4) is 0 Å². The number of hydrogen-bond acceptors (Lipinski definition) is 5. The SMILES string of the molecule is C[C@@H]1CN(c2ccc(F)cc2C(F)(F)F)CCN1S(=O)(=O)c1ccc(C(N)=O)s1. The lowest BCUT2D eigenvalue weighted by atomic mass is 10.1. The van der Waals surface area contributed by atoms with Crippen LogP contribution in [0.1, 0.15) is 22.2 Å². The Hall–Kier alpha value is -2.18. The average Bonchev–Trinajstić information content (AvgIpc) is 3.12. The van der Waals surface area contributed by atoms with Crippen LogP contribution in [-0.2, 0) is 16.2 Å². The first-order chi connectivity index (χ1) is 13.4. The maximum Gasteiger partial charge on any atom is 0.418 e. The van der Waals surface area contributed by atoms with Gasteiger partial charge in [-0.3, -0.25) is 4.79 Å². The summed E-state index contributed by atoms with van der Waals surface area (Å²) in [4.78, 5) is 12.7. The lowest BCUT2D eigenvalue weighted by molar-refractivity contribution is -0.137. The van der Waals surface area contributed by atoms with E-state index in [2.05, 4.69) is 0 Å². The van der Waals surface area contributed by atoms with Crippen LogP contribution in [-0.4, -0.2) is 44.3 Å². The maximum absolute atomic E-state index is 13.3. The van der Waals surface area contributed by atoms with Gasteiger partial charge in [0, 0.05) is 31.4 Å². The Morgan fingerprint density at radius 3 is 2.45 bits per heavy atom. The summed E-state index contributed by atoms with van der Waals surface area (Å²) in [6.45, 7) is 1.49. The van der Waals surface area contributed by atoms with Gasteiger partial charge in [0.2, 0.25) is 0 Å². The van der Waals surface area contributed by atoms with E-state index in [4.69, 9.17) is 5.73 Å². The molecule has 0 radical (unpaired) electrons. The fourth-order valence-corrected chi connectivity index (χ4v) is 6.14. The minimum atomic E-state index is -4.74. The molecule has 1 saturated heterocycles. The Labute approximate surface area is 168 Å². The van der Waals surface area contributed by atoms with Crippen molar-refractivity contribution in [1.82, 2.24) is 4.31 Å². The van der Waals surface area contributed by atoms with Gasteiger partial charge < -0.3 is 10.6 Å². The van der Waals surface area contributed by atoms with Crippen LogP contribution >= 0.6 is 11.3 Å². The van der Waals surface area contributed by atoms with Crippen LogP contribution < -0.4 is 10.6 Å². The van der Waals surface area contributed by atoms with E-state index in [1.807, 2.05) is 0 Å². The molecule has 12 heteroatoms. The Bertz CT molecular complexity index is 1040. The van der Waals surface area contributed by atoms with Crippen LogP contribution in [0.15, 0.2) is 34.5 Å². The predicted molar refractivity (Wildman–Crippen MR) is 99.8 cm³/mol. The molecule has 1 aromatic carbocycles. The van der Waals surface area contributed by atoms with Crippen molar-refractivity contribution >= 4 is 33.0 Å². The number of amides is 1. The van der Waals surface area contributed by atoms with Gasteiger partial charge in [0.15, 0.2) is 0 Å². The fourth-order valence-electron chi connectivity index (χ4n) is 3.23. The van der Waals surface area contributed by atoms with Crippen LogP contribution in [0.25, 0.3) is 0 Å². The number of carbonyl (C=O) groups excluding carboxylic acids is 1. The second-order valence-corrected chi connectivity index (χ2v) is 9.75. The number of nitrogens with two attached hydrogens (primary N) is 1. The zero-order chi connectivity index (χ0) is 21.6. The Balaban J connectivity index is 1.85. The van der Waals surface area contributed by atoms with Gasteiger partial charge in [-0.2, -0.15) is 17.5 Å². The molecule has 0 bridgehead atoms. The van der Waals surface area contributed by atoms with Gasteiger partial charge in [0.1, 0.15) is 10.0 Å². The first-order valence-corrected chi connectivity index (χ1v) is 10.7. The third kappa shape index (κ3) is 4.23. The van der Waals surface area contributed by atoms with Gasteiger partial charge in [-0.1, -0.05) is 0 Å². The molecule has 0 aliphatic carbocycles. The Kier molecular flexibility index (Phi) is 5.62. The number of thiophene rings is 1. The first kappa shape index (κ1) is 21.5. The molecule has 2 aromatic rings. The zero-order valence-electron chi connectivity index (χ0n) is 15.1. The molecule has 1 aliphatic rings. The van der Waals surface area contributed by atoms with Crippen molar-refractivity contribution in [1.29, 1.82) is 0 Å². The third-order valence-electron chi connectivity index (χ3n) is 4.56. The summed E-state index contributed by atoms with van der Waals surface area (Å²) in [6, 6.07) is 4.36. The summed E-state index contributed by atoms with van der Waals surface area (Å²) in [6.07, 6.45) is -4.74. The minimum Gasteiger partial charge on any atom is -0.368 e. The largest absolute Gasteiger partial charge is 0.418 e. The number of carbonyl (C=O) groups is 1. The number of primary amides is 1. The quantitative estimate of drug-likeness (QED) is 0.725. The van der Waals surface area contributed by atoms with E-state index in [0.717, 1.165) is 23.5 Å². The molecular formula is C17H17F4N3O3S2. The van der Waals surface area contributed by atoms with E-state index in [0.29, 0.717) is 6.07 Å². The molecule has 0 saturated carbocycles. The van der Waals surface area contributed by atoms with Crippen LogP contribution in [0, 0.1) is 5.82 Å². The standard InChI is InChI=1S/C17H17F4N3O3S2/c1-10-9-23(13-3-2-11(18)8-12(13)17(19,20)21)6-7-24(10)29(26,27)15-5-4-14(28-15)16(22)25/h2-5,8,10H,6-7,9H2,1H3,(H2,22,25)/t10-/m1/s1. The highest BCUT2D eigenvalue weighted by Crippen LogP contribution is 2.38. The fraction of sp³-hybridized carbons (Fsp3) is 0.353. The second kappa shape index (κ2) is 7.58. The normalized spacial score (nSPS) is 18.8. The number of alkyl halides is 3. The number of halogens is 4. The molecule has 1 aliphatic heterocycles. The lowest BCUT2D eigenvalue weighted by Crippen LogP contribution is -2.54. The van der Waals surface area contributed by atoms with Gasteiger partial charge in [0.25, 0.3) is 15.9 Å². The van der Waals surface area contributed by atoms with Crippen molar-refractivity contribution in [2.75, 3.05) is 24.5 Å². The molecule has 2 heterocycles. The monoisotopic (exact) mass is 451 g/mol. The number of hydrogen-bond donors (Lipinski definition) is 1. The van der Waals surface area contributed by atoms with Crippen molar-refractivity contribution in [3.8, 4) is 0 Å². The van der Waals surface area contributed by atoms with Crippen LogP contribution in [0.2, 0.25) is 0 Å². The van der Waals surface area contributed by atoms with Crippen LogP contribution in [0.4, 0.5) is 23.2 Å². The Morgan fingerprint density at radius 1 is 1.21 bits per heavy atom. The Morgan fingerprint density at radius 2 is 1.90 bits per heavy atom. The van der Waals surface area contributed by atoms with E-state index in [9.17, 15) is 30.8 Å². The summed E-state index contributed by atoms with van der Waals surface area (Å²) in [7, 11) is -3.94. The molecule has 1 fully saturated rings. The van der Waals surface area contributed by atoms with E-state index < -0.39 is 39.5 Å². The summed E-state index contributed by atoms with van der Waals surface area (Å²) < 4.78 is 80.1. The molecule has 3 rings (SSSR count). The molecule has 158 valence electrons. The second-order valence-electron chi connectivity index (χ2n) is 6.55. The van der Waals surface area contributed by atoms with E-state index >= 15 is 0 Å². The van der Waals surface area contributed by atoms with Crippen molar-refractivity contribution < 1.29 is 30.8 Å². The minimum absolute atomic E-state index is 0.00760. The van der Waals surface area contributed by atoms with E-state index in [-0.39, 0.29) is 34.4 Å². The number of piperazine rings is 1. The molecular weight excluding hydrogens is 434 g/mol.